The van der Waals surface area contributed by atoms with Crippen LogP contribution < -0.4 is 0 Å². The van der Waals surface area contributed by atoms with Crippen molar-refractivity contribution in [1.29, 1.82) is 0 Å². The minimum Gasteiger partial charge on any atom is -0.411 e. The molecule has 0 atom stereocenters. The lowest BCUT2D eigenvalue weighted by atomic mass is 10.1. The molecule has 0 aliphatic rings. The summed E-state index contributed by atoms with van der Waals surface area (Å²) < 4.78 is 9.50. The minimum atomic E-state index is 0.406. The van der Waals surface area contributed by atoms with Crippen LogP contribution in [0.1, 0.15) is 23.9 Å². The number of oxime groups is 1. The Morgan fingerprint density at radius 1 is 1.14 bits per heavy atom. The molecule has 2 aromatic heterocycles. The smallest absolute Gasteiger partial charge is 0.152 e. The first-order valence-corrected chi connectivity index (χ1v) is 8.82. The molecular formula is C20H20N6O2. The Kier molecular flexibility index (Phi) is 4.86. The zero-order chi connectivity index (χ0) is 19.5. The second-order valence-corrected chi connectivity index (χ2v) is 6.47. The van der Waals surface area contributed by atoms with Crippen LogP contribution in [0.2, 0.25) is 0 Å². The molecule has 0 amide bonds. The van der Waals surface area contributed by atoms with Gasteiger partial charge in [-0.15, -0.1) is 0 Å². The molecule has 0 bridgehead atoms. The molecule has 8 heteroatoms. The number of nitrogens with zero attached hydrogens (tertiary/aromatic N) is 6. The lowest BCUT2D eigenvalue weighted by Crippen LogP contribution is -2.03. The maximum absolute atomic E-state index is 8.96. The van der Waals surface area contributed by atoms with Crippen molar-refractivity contribution in [3.63, 3.8) is 0 Å². The van der Waals surface area contributed by atoms with Crippen LogP contribution in [0.4, 0.5) is 0 Å². The van der Waals surface area contributed by atoms with Crippen LogP contribution >= 0.6 is 0 Å². The third kappa shape index (κ3) is 3.49. The molecule has 8 nitrogen and oxygen atoms in total. The Labute approximate surface area is 161 Å². The largest absolute Gasteiger partial charge is 0.411 e. The molecule has 0 fully saturated rings. The van der Waals surface area contributed by atoms with Crippen LogP contribution in [0.5, 0.6) is 0 Å². The summed E-state index contributed by atoms with van der Waals surface area (Å²) in [6, 6.07) is 13.9. The highest BCUT2D eigenvalue weighted by atomic mass is 16.5. The molecular weight excluding hydrogens is 356 g/mol. The van der Waals surface area contributed by atoms with Crippen LogP contribution in [0.25, 0.3) is 16.7 Å². The number of hydrogen-bond acceptors (Lipinski definition) is 6. The zero-order valence-electron chi connectivity index (χ0n) is 15.6. The Bertz CT molecular complexity index is 1140. The number of imidazole rings is 1. The van der Waals surface area contributed by atoms with Gasteiger partial charge in [0.1, 0.15) is 19.3 Å². The number of hydrogen-bond donors (Lipinski definition) is 1. The highest BCUT2D eigenvalue weighted by Gasteiger charge is 2.08. The number of aromatic nitrogens is 5. The molecule has 0 aliphatic heterocycles. The van der Waals surface area contributed by atoms with Gasteiger partial charge >= 0.3 is 0 Å². The lowest BCUT2D eigenvalue weighted by molar-refractivity contribution is 0.0993. The first kappa shape index (κ1) is 17.9. The van der Waals surface area contributed by atoms with Crippen LogP contribution in [0.3, 0.4) is 0 Å². The molecule has 2 aromatic carbocycles. The van der Waals surface area contributed by atoms with E-state index < -0.39 is 0 Å². The summed E-state index contributed by atoms with van der Waals surface area (Å²) in [5.41, 5.74) is 5.27. The normalized spacial score (nSPS) is 12.0. The monoisotopic (exact) mass is 376 g/mol. The molecule has 0 saturated heterocycles. The zero-order valence-corrected chi connectivity index (χ0v) is 15.6. The summed E-state index contributed by atoms with van der Waals surface area (Å²) in [6.07, 6.45) is 3.31. The summed E-state index contributed by atoms with van der Waals surface area (Å²) in [4.78, 5) is 8.64. The number of aryl methyl sites for hydroxylation is 1. The molecule has 4 rings (SSSR count). The van der Waals surface area contributed by atoms with Crippen molar-refractivity contribution < 1.29 is 9.94 Å². The average molecular weight is 376 g/mol. The second-order valence-electron chi connectivity index (χ2n) is 6.47. The van der Waals surface area contributed by atoms with E-state index in [1.165, 1.54) is 6.33 Å². The molecule has 1 N–H and O–H groups in total. The summed E-state index contributed by atoms with van der Waals surface area (Å²) in [5, 5.41) is 16.3. The predicted octanol–water partition coefficient (Wildman–Crippen LogP) is 3.07. The highest BCUT2D eigenvalue weighted by Crippen LogP contribution is 2.21. The van der Waals surface area contributed by atoms with E-state index in [0.29, 0.717) is 18.9 Å². The Hall–Kier alpha value is -3.52. The number of ether oxygens (including phenoxy) is 1. The third-order valence-electron chi connectivity index (χ3n) is 4.61. The van der Waals surface area contributed by atoms with Gasteiger partial charge in [0, 0.05) is 18.3 Å². The molecule has 142 valence electrons. The lowest BCUT2D eigenvalue weighted by Gasteiger charge is -2.08. The van der Waals surface area contributed by atoms with Gasteiger partial charge in [-0.05, 0) is 36.8 Å². The van der Waals surface area contributed by atoms with E-state index in [4.69, 9.17) is 9.94 Å². The van der Waals surface area contributed by atoms with Crippen molar-refractivity contribution in [3.05, 3.63) is 72.1 Å². The number of benzene rings is 2. The number of fused-ring (bicyclic) bond motifs is 1. The van der Waals surface area contributed by atoms with Crippen molar-refractivity contribution in [2.75, 3.05) is 0 Å². The molecule has 0 unspecified atom stereocenters. The van der Waals surface area contributed by atoms with Gasteiger partial charge in [-0.25, -0.2) is 9.97 Å². The van der Waals surface area contributed by atoms with Crippen LogP contribution in [-0.4, -0.2) is 35.2 Å². The van der Waals surface area contributed by atoms with Gasteiger partial charge in [-0.3, -0.25) is 9.25 Å². The molecule has 28 heavy (non-hydrogen) atoms. The second kappa shape index (κ2) is 7.61. The number of rotatable bonds is 6. The van der Waals surface area contributed by atoms with E-state index in [2.05, 4.69) is 26.3 Å². The van der Waals surface area contributed by atoms with Gasteiger partial charge in [0.15, 0.2) is 5.82 Å². The molecule has 2 heterocycles. The van der Waals surface area contributed by atoms with Crippen molar-refractivity contribution >= 4 is 16.7 Å². The Balaban J connectivity index is 1.54. The van der Waals surface area contributed by atoms with Crippen LogP contribution in [0, 0.1) is 0 Å². The Morgan fingerprint density at radius 3 is 2.82 bits per heavy atom. The molecule has 0 spiro atoms. The van der Waals surface area contributed by atoms with Gasteiger partial charge in [0.2, 0.25) is 0 Å². The van der Waals surface area contributed by atoms with Gasteiger partial charge in [0.25, 0.3) is 0 Å². The van der Waals surface area contributed by atoms with Crippen molar-refractivity contribution in [2.24, 2.45) is 12.2 Å². The SMILES string of the molecule is C/C(=N\O)c1ccc2c(c1)ncn2-c1cccc(COCc2ncnn2C)c1. The van der Waals surface area contributed by atoms with E-state index in [1.807, 2.05) is 48.0 Å². The van der Waals surface area contributed by atoms with Crippen molar-refractivity contribution in [1.82, 2.24) is 24.3 Å². The summed E-state index contributed by atoms with van der Waals surface area (Å²) in [5.74, 6) is 0.786. The summed E-state index contributed by atoms with van der Waals surface area (Å²) in [7, 11) is 1.84. The topological polar surface area (TPSA) is 90.3 Å². The molecule has 4 aromatic rings. The van der Waals surface area contributed by atoms with Gasteiger partial charge < -0.3 is 9.94 Å². The average Bonchev–Trinajstić information content (AvgIpc) is 3.33. The summed E-state index contributed by atoms with van der Waals surface area (Å²) >= 11 is 0. The molecule has 0 aliphatic carbocycles. The fraction of sp³-hybridized carbons (Fsp3) is 0.200. The predicted molar refractivity (Wildman–Crippen MR) is 105 cm³/mol. The van der Waals surface area contributed by atoms with E-state index in [-0.39, 0.29) is 0 Å². The fourth-order valence-electron chi connectivity index (χ4n) is 3.01. The minimum absolute atomic E-state index is 0.406. The summed E-state index contributed by atoms with van der Waals surface area (Å²) in [6.45, 7) is 2.63. The van der Waals surface area contributed by atoms with Gasteiger partial charge in [0.05, 0.1) is 23.4 Å². The first-order chi connectivity index (χ1) is 13.7. The quantitative estimate of drug-likeness (QED) is 0.317. The van der Waals surface area contributed by atoms with Crippen LogP contribution in [-0.2, 0) is 25.0 Å². The van der Waals surface area contributed by atoms with E-state index in [0.717, 1.165) is 33.7 Å². The van der Waals surface area contributed by atoms with Gasteiger partial charge in [-0.2, -0.15) is 5.10 Å². The molecule has 0 radical (unpaired) electrons. The maximum atomic E-state index is 8.96. The standard InChI is InChI=1S/C20H20N6O2/c1-14(24-27)16-6-7-19-18(9-16)22-13-26(19)17-5-3-4-15(8-17)10-28-11-20-21-12-23-25(20)2/h3-9,12-13,27H,10-11H2,1-2H3/b24-14+. The third-order valence-corrected chi connectivity index (χ3v) is 4.61. The Morgan fingerprint density at radius 2 is 2.04 bits per heavy atom. The van der Waals surface area contributed by atoms with Crippen LogP contribution in [0.15, 0.2) is 60.3 Å². The maximum Gasteiger partial charge on any atom is 0.152 e. The fourth-order valence-corrected chi connectivity index (χ4v) is 3.01. The molecule has 0 saturated carbocycles. The highest BCUT2D eigenvalue weighted by molar-refractivity contribution is 6.00. The van der Waals surface area contributed by atoms with E-state index in [1.54, 1.807) is 17.9 Å². The van der Waals surface area contributed by atoms with E-state index in [9.17, 15) is 0 Å². The van der Waals surface area contributed by atoms with Crippen molar-refractivity contribution in [3.8, 4) is 5.69 Å². The van der Waals surface area contributed by atoms with E-state index >= 15 is 0 Å². The first-order valence-electron chi connectivity index (χ1n) is 8.82. The van der Waals surface area contributed by atoms with Crippen molar-refractivity contribution in [2.45, 2.75) is 20.1 Å². The van der Waals surface area contributed by atoms with Gasteiger partial charge in [-0.1, -0.05) is 23.4 Å².